The van der Waals surface area contributed by atoms with Crippen molar-refractivity contribution in [3.05, 3.63) is 0 Å². The average molecular weight is 282 g/mol. The molecule has 0 spiro atoms. The highest BCUT2D eigenvalue weighted by Gasteiger charge is 2.37. The second kappa shape index (κ2) is 8.77. The minimum atomic E-state index is -0.503. The van der Waals surface area contributed by atoms with E-state index in [4.69, 9.17) is 0 Å². The summed E-state index contributed by atoms with van der Waals surface area (Å²) in [5.41, 5.74) is -0.455. The largest absolute Gasteiger partial charge is 0.303 e. The van der Waals surface area contributed by atoms with E-state index in [1.54, 1.807) is 0 Å². The van der Waals surface area contributed by atoms with E-state index in [1.807, 2.05) is 27.7 Å². The van der Waals surface area contributed by atoms with Crippen molar-refractivity contribution in [1.82, 2.24) is 0 Å². The molecule has 1 atom stereocenters. The summed E-state index contributed by atoms with van der Waals surface area (Å²) < 4.78 is 0. The molecule has 0 aliphatic rings. The molecule has 0 rings (SSSR count). The fourth-order valence-corrected chi connectivity index (χ4v) is 2.63. The minimum Gasteiger partial charge on any atom is -0.303 e. The standard InChI is InChI=1S/C16H26O4/c1-12(2)10-16(7-9-18,13(3)4)11-15(20)14(19)6-5-8-17/h8-9,12-13H,5-7,10-11H2,1-4H3. The van der Waals surface area contributed by atoms with E-state index >= 15 is 0 Å². The highest BCUT2D eigenvalue weighted by molar-refractivity contribution is 6.37. The third kappa shape index (κ3) is 5.76. The van der Waals surface area contributed by atoms with Crippen LogP contribution in [0.25, 0.3) is 0 Å². The molecule has 0 saturated heterocycles. The Balaban J connectivity index is 5.03. The van der Waals surface area contributed by atoms with Gasteiger partial charge in [0, 0.05) is 25.7 Å². The zero-order valence-corrected chi connectivity index (χ0v) is 13.0. The predicted molar refractivity (Wildman–Crippen MR) is 77.3 cm³/mol. The van der Waals surface area contributed by atoms with Gasteiger partial charge in [0.2, 0.25) is 0 Å². The Bertz CT molecular complexity index is 357. The molecule has 4 heteroatoms. The molecule has 0 amide bonds. The first kappa shape index (κ1) is 18.7. The van der Waals surface area contributed by atoms with Crippen LogP contribution in [-0.2, 0) is 19.2 Å². The lowest BCUT2D eigenvalue weighted by atomic mass is 9.66. The molecular formula is C16H26O4. The maximum absolute atomic E-state index is 12.0. The number of rotatable bonds is 11. The van der Waals surface area contributed by atoms with Gasteiger partial charge in [-0.25, -0.2) is 0 Å². The summed E-state index contributed by atoms with van der Waals surface area (Å²) in [5, 5.41) is 0. The number of carbonyl (C=O) groups excluding carboxylic acids is 4. The topological polar surface area (TPSA) is 68.3 Å². The molecule has 0 aromatic rings. The lowest BCUT2D eigenvalue weighted by molar-refractivity contribution is -0.139. The van der Waals surface area contributed by atoms with E-state index in [2.05, 4.69) is 0 Å². The number of aldehydes is 2. The second-order valence-electron chi connectivity index (χ2n) is 6.21. The first-order valence-corrected chi connectivity index (χ1v) is 7.22. The molecule has 0 aliphatic heterocycles. The number of carbonyl (C=O) groups is 4. The van der Waals surface area contributed by atoms with Crippen LogP contribution in [0.3, 0.4) is 0 Å². The molecule has 0 bridgehead atoms. The summed E-state index contributed by atoms with van der Waals surface area (Å²) in [4.78, 5) is 45.0. The van der Waals surface area contributed by atoms with E-state index in [0.29, 0.717) is 12.2 Å². The van der Waals surface area contributed by atoms with Gasteiger partial charge >= 0.3 is 0 Å². The highest BCUT2D eigenvalue weighted by Crippen LogP contribution is 2.41. The maximum atomic E-state index is 12.0. The Morgan fingerprint density at radius 1 is 1.00 bits per heavy atom. The molecule has 114 valence electrons. The van der Waals surface area contributed by atoms with Crippen molar-refractivity contribution in [3.63, 3.8) is 0 Å². The summed E-state index contributed by atoms with van der Waals surface area (Å²) in [5.74, 6) is -0.479. The molecule has 4 nitrogen and oxygen atoms in total. The van der Waals surface area contributed by atoms with Crippen LogP contribution in [0.4, 0.5) is 0 Å². The molecule has 0 aromatic heterocycles. The van der Waals surface area contributed by atoms with Crippen LogP contribution in [0.1, 0.15) is 59.8 Å². The molecule has 1 unspecified atom stereocenters. The van der Waals surface area contributed by atoms with E-state index in [1.165, 1.54) is 0 Å². The van der Waals surface area contributed by atoms with Crippen LogP contribution in [0.15, 0.2) is 0 Å². The third-order valence-electron chi connectivity index (χ3n) is 3.84. The van der Waals surface area contributed by atoms with E-state index in [9.17, 15) is 19.2 Å². The third-order valence-corrected chi connectivity index (χ3v) is 3.84. The molecular weight excluding hydrogens is 256 g/mol. The second-order valence-corrected chi connectivity index (χ2v) is 6.21. The molecule has 0 radical (unpaired) electrons. The quantitative estimate of drug-likeness (QED) is 0.431. The van der Waals surface area contributed by atoms with Gasteiger partial charge in [-0.05, 0) is 23.7 Å². The molecule has 0 fully saturated rings. The first-order valence-electron chi connectivity index (χ1n) is 7.22. The zero-order chi connectivity index (χ0) is 15.8. The van der Waals surface area contributed by atoms with Crippen LogP contribution >= 0.6 is 0 Å². The van der Waals surface area contributed by atoms with Crippen molar-refractivity contribution in [2.75, 3.05) is 0 Å². The normalized spacial score (nSPS) is 14.1. The lowest BCUT2D eigenvalue weighted by Gasteiger charge is -2.37. The van der Waals surface area contributed by atoms with Crippen LogP contribution in [0.2, 0.25) is 0 Å². The van der Waals surface area contributed by atoms with Gasteiger partial charge in [-0.15, -0.1) is 0 Å². The SMILES string of the molecule is CC(C)CC(CC=O)(CC(=O)C(=O)CCC=O)C(C)C. The predicted octanol–water partition coefficient (Wildman–Crippen LogP) is 2.77. The van der Waals surface area contributed by atoms with Gasteiger partial charge in [-0.1, -0.05) is 27.7 Å². The van der Waals surface area contributed by atoms with Gasteiger partial charge < -0.3 is 9.59 Å². The van der Waals surface area contributed by atoms with Crippen molar-refractivity contribution in [3.8, 4) is 0 Å². The van der Waals surface area contributed by atoms with Crippen LogP contribution in [0.5, 0.6) is 0 Å². The van der Waals surface area contributed by atoms with Crippen LogP contribution in [-0.4, -0.2) is 24.1 Å². The Labute approximate surface area is 121 Å². The van der Waals surface area contributed by atoms with Crippen molar-refractivity contribution in [2.45, 2.75) is 59.8 Å². The van der Waals surface area contributed by atoms with Gasteiger partial charge in [0.05, 0.1) is 0 Å². The summed E-state index contributed by atoms with van der Waals surface area (Å²) in [6.45, 7) is 8.05. The first-order chi connectivity index (χ1) is 9.29. The van der Waals surface area contributed by atoms with E-state index < -0.39 is 17.0 Å². The summed E-state index contributed by atoms with van der Waals surface area (Å²) in [7, 11) is 0. The van der Waals surface area contributed by atoms with E-state index in [0.717, 1.165) is 12.7 Å². The summed E-state index contributed by atoms with van der Waals surface area (Å²) in [6, 6.07) is 0. The Morgan fingerprint density at radius 3 is 2.00 bits per heavy atom. The number of ketones is 2. The molecule has 0 N–H and O–H groups in total. The summed E-state index contributed by atoms with van der Waals surface area (Å²) in [6.07, 6.45) is 2.65. The Hall–Kier alpha value is -1.32. The highest BCUT2D eigenvalue weighted by atomic mass is 16.2. The monoisotopic (exact) mass is 282 g/mol. The zero-order valence-electron chi connectivity index (χ0n) is 13.0. The number of Topliss-reactive ketones (excluding diaryl/α,β-unsaturated/α-hetero) is 2. The van der Waals surface area contributed by atoms with Crippen molar-refractivity contribution in [1.29, 1.82) is 0 Å². The Morgan fingerprint density at radius 2 is 1.60 bits per heavy atom. The maximum Gasteiger partial charge on any atom is 0.198 e. The Kier molecular flexibility index (Phi) is 8.19. The van der Waals surface area contributed by atoms with Gasteiger partial charge in [-0.3, -0.25) is 9.59 Å². The van der Waals surface area contributed by atoms with Gasteiger partial charge in [0.1, 0.15) is 12.6 Å². The van der Waals surface area contributed by atoms with Crippen molar-refractivity contribution < 1.29 is 19.2 Å². The van der Waals surface area contributed by atoms with Crippen molar-refractivity contribution in [2.24, 2.45) is 17.3 Å². The summed E-state index contributed by atoms with van der Waals surface area (Å²) >= 11 is 0. The number of hydrogen-bond donors (Lipinski definition) is 0. The van der Waals surface area contributed by atoms with Gasteiger partial charge in [0.25, 0.3) is 0 Å². The molecule has 0 aromatic carbocycles. The van der Waals surface area contributed by atoms with E-state index in [-0.39, 0.29) is 31.6 Å². The van der Waals surface area contributed by atoms with Gasteiger partial charge in [0.15, 0.2) is 11.6 Å². The molecule has 0 heterocycles. The minimum absolute atomic E-state index is 0.0285. The number of hydrogen-bond acceptors (Lipinski definition) is 4. The fourth-order valence-electron chi connectivity index (χ4n) is 2.63. The average Bonchev–Trinajstić information content (AvgIpc) is 2.34. The van der Waals surface area contributed by atoms with Crippen molar-refractivity contribution >= 4 is 24.1 Å². The lowest BCUT2D eigenvalue weighted by Crippen LogP contribution is -2.34. The van der Waals surface area contributed by atoms with Crippen LogP contribution < -0.4 is 0 Å². The fraction of sp³-hybridized carbons (Fsp3) is 0.750. The van der Waals surface area contributed by atoms with Gasteiger partial charge in [-0.2, -0.15) is 0 Å². The van der Waals surface area contributed by atoms with Crippen LogP contribution in [0, 0.1) is 17.3 Å². The molecule has 20 heavy (non-hydrogen) atoms. The molecule has 0 aliphatic carbocycles. The molecule has 0 saturated carbocycles. The smallest absolute Gasteiger partial charge is 0.198 e.